The molecule has 2 fully saturated rings. The summed E-state index contributed by atoms with van der Waals surface area (Å²) in [6, 6.07) is 13.2. The topological polar surface area (TPSA) is 113 Å². The van der Waals surface area contributed by atoms with Gasteiger partial charge < -0.3 is 14.6 Å². The number of nitrogens with zero attached hydrogens (tertiary/aromatic N) is 2. The van der Waals surface area contributed by atoms with Crippen molar-refractivity contribution in [3.63, 3.8) is 0 Å². The molecule has 5 aliphatic rings. The standard InChI is InChI=1S/C36H35BrN2O7/c1-45-21-14-27(40)33(29(15-21)46-2)32-22-8-9-23-30(24(22)16-25-31(32)28(41)17-26(37)34(25)42)36(44)39(35(23)43)20-10-12-38(13-11-20)18-19-6-4-3-5-7-19/h3-8,14-15,17,20,23-24,30,32,40H,9-13,16,18H2,1-2H3. The zero-order valence-corrected chi connectivity index (χ0v) is 27.3. The van der Waals surface area contributed by atoms with E-state index in [4.69, 9.17) is 9.47 Å². The Labute approximate surface area is 275 Å². The SMILES string of the molecule is COc1cc(O)c(C2C3=CCC4C(=O)N(C5CCN(Cc6ccccc6)CC5)C(=O)C4C3CC3=C2C(=O)C=C(Br)C3=O)c(OC)c1. The third-order valence-corrected chi connectivity index (χ3v) is 11.0. The molecule has 2 saturated heterocycles. The number of carbonyl (C=O) groups excluding carboxylic acids is 4. The van der Waals surface area contributed by atoms with Crippen molar-refractivity contribution in [2.45, 2.75) is 44.2 Å². The molecule has 1 N–H and O–H groups in total. The maximum Gasteiger partial charge on any atom is 0.233 e. The number of ether oxygens (including phenoxy) is 2. The number of ketones is 2. The van der Waals surface area contributed by atoms with Gasteiger partial charge in [-0.1, -0.05) is 42.0 Å². The number of methoxy groups -OCH3 is 2. The van der Waals surface area contributed by atoms with Gasteiger partial charge in [-0.25, -0.2) is 0 Å². The van der Waals surface area contributed by atoms with Gasteiger partial charge in [0.25, 0.3) is 0 Å². The number of carbonyl (C=O) groups is 4. The Morgan fingerprint density at radius 3 is 2.39 bits per heavy atom. The third-order valence-electron chi connectivity index (χ3n) is 10.4. The second kappa shape index (κ2) is 12.0. The molecule has 4 atom stereocenters. The Kier molecular flexibility index (Phi) is 7.97. The van der Waals surface area contributed by atoms with E-state index >= 15 is 0 Å². The number of allylic oxidation sites excluding steroid dienone is 6. The van der Waals surface area contributed by atoms with Gasteiger partial charge in [-0.2, -0.15) is 0 Å². The highest BCUT2D eigenvalue weighted by Crippen LogP contribution is 2.58. The number of Topliss-reactive ketones (excluding diaryl/α,β-unsaturated/α-hetero) is 1. The first-order valence-electron chi connectivity index (χ1n) is 15.7. The number of rotatable bonds is 6. The van der Waals surface area contributed by atoms with E-state index in [1.165, 1.54) is 36.8 Å². The number of imide groups is 1. The molecule has 0 spiro atoms. The normalized spacial score (nSPS) is 26.8. The van der Waals surface area contributed by atoms with E-state index in [0.29, 0.717) is 41.9 Å². The van der Waals surface area contributed by atoms with Crippen LogP contribution in [-0.2, 0) is 25.7 Å². The van der Waals surface area contributed by atoms with Crippen molar-refractivity contribution >= 4 is 39.3 Å². The minimum atomic E-state index is -0.831. The number of piperidine rings is 1. The van der Waals surface area contributed by atoms with E-state index in [1.807, 2.05) is 24.3 Å². The summed E-state index contributed by atoms with van der Waals surface area (Å²) in [5, 5.41) is 11.3. The summed E-state index contributed by atoms with van der Waals surface area (Å²) >= 11 is 3.26. The molecule has 7 rings (SSSR count). The monoisotopic (exact) mass is 686 g/mol. The van der Waals surface area contributed by atoms with Crippen LogP contribution in [0.25, 0.3) is 0 Å². The van der Waals surface area contributed by atoms with Crippen LogP contribution in [0.5, 0.6) is 17.2 Å². The van der Waals surface area contributed by atoms with Crippen LogP contribution in [0.15, 0.2) is 75.8 Å². The van der Waals surface area contributed by atoms with Crippen LogP contribution in [0, 0.1) is 17.8 Å². The lowest BCUT2D eigenvalue weighted by atomic mass is 9.59. The van der Waals surface area contributed by atoms with Crippen molar-refractivity contribution in [1.82, 2.24) is 9.80 Å². The van der Waals surface area contributed by atoms with E-state index in [2.05, 4.69) is 33.0 Å². The van der Waals surface area contributed by atoms with Crippen molar-refractivity contribution in [3.05, 3.63) is 86.9 Å². The maximum atomic E-state index is 14.3. The van der Waals surface area contributed by atoms with Crippen molar-refractivity contribution in [2.75, 3.05) is 27.3 Å². The van der Waals surface area contributed by atoms with Gasteiger partial charge in [0, 0.05) is 66.5 Å². The molecule has 0 saturated carbocycles. The predicted molar refractivity (Wildman–Crippen MR) is 172 cm³/mol. The van der Waals surface area contributed by atoms with Crippen molar-refractivity contribution in [1.29, 1.82) is 0 Å². The summed E-state index contributed by atoms with van der Waals surface area (Å²) in [6.07, 6.45) is 5.12. The van der Waals surface area contributed by atoms with Crippen LogP contribution in [0.1, 0.15) is 42.7 Å². The molecule has 3 aliphatic carbocycles. The smallest absolute Gasteiger partial charge is 0.233 e. The Bertz CT molecular complexity index is 1740. The average Bonchev–Trinajstić information content (AvgIpc) is 3.32. The van der Waals surface area contributed by atoms with Gasteiger partial charge in [-0.15, -0.1) is 0 Å². The number of aromatic hydroxyl groups is 1. The molecule has 2 amide bonds. The molecule has 10 heteroatoms. The van der Waals surface area contributed by atoms with Crippen LogP contribution >= 0.6 is 15.9 Å². The fraction of sp³-hybridized carbons (Fsp3) is 0.389. The Morgan fingerprint density at radius 1 is 0.957 bits per heavy atom. The van der Waals surface area contributed by atoms with Crippen molar-refractivity contribution in [3.8, 4) is 17.2 Å². The number of hydrogen-bond acceptors (Lipinski definition) is 8. The zero-order valence-electron chi connectivity index (χ0n) is 25.7. The summed E-state index contributed by atoms with van der Waals surface area (Å²) in [4.78, 5) is 59.4. The van der Waals surface area contributed by atoms with Crippen molar-refractivity contribution in [2.24, 2.45) is 17.8 Å². The van der Waals surface area contributed by atoms with Gasteiger partial charge in [0.1, 0.15) is 17.2 Å². The van der Waals surface area contributed by atoms with E-state index in [9.17, 15) is 24.3 Å². The van der Waals surface area contributed by atoms with Gasteiger partial charge in [-0.05, 0) is 53.1 Å². The van der Waals surface area contributed by atoms with Gasteiger partial charge in [0.15, 0.2) is 11.6 Å². The number of phenols is 1. The third kappa shape index (κ3) is 4.93. The number of benzene rings is 2. The molecule has 2 aromatic rings. The first-order valence-corrected chi connectivity index (χ1v) is 16.5. The van der Waals surface area contributed by atoms with E-state index < -0.39 is 23.7 Å². The number of likely N-dealkylation sites (tertiary alicyclic amines) is 2. The summed E-state index contributed by atoms with van der Waals surface area (Å²) in [6.45, 7) is 2.39. The van der Waals surface area contributed by atoms with E-state index in [1.54, 1.807) is 6.07 Å². The molecule has 0 aromatic heterocycles. The van der Waals surface area contributed by atoms with Gasteiger partial charge in [0.05, 0.1) is 30.5 Å². The molecule has 2 aliphatic heterocycles. The van der Waals surface area contributed by atoms with Crippen LogP contribution in [0.4, 0.5) is 0 Å². The molecule has 2 heterocycles. The number of halogens is 1. The second-order valence-electron chi connectivity index (χ2n) is 12.7. The maximum absolute atomic E-state index is 14.3. The average molecular weight is 688 g/mol. The molecule has 4 unspecified atom stereocenters. The quantitative estimate of drug-likeness (QED) is 0.261. The first kappa shape index (κ1) is 30.6. The van der Waals surface area contributed by atoms with E-state index in [-0.39, 0.29) is 51.6 Å². The summed E-state index contributed by atoms with van der Waals surface area (Å²) < 4.78 is 11.2. The first-order chi connectivity index (χ1) is 22.2. The minimum absolute atomic E-state index is 0.150. The Hall–Kier alpha value is -4.02. The van der Waals surface area contributed by atoms with E-state index in [0.717, 1.165) is 25.2 Å². The molecule has 9 nitrogen and oxygen atoms in total. The molecule has 238 valence electrons. The lowest BCUT2D eigenvalue weighted by molar-refractivity contribution is -0.144. The number of hydrogen-bond donors (Lipinski definition) is 1. The molecular weight excluding hydrogens is 652 g/mol. The highest BCUT2D eigenvalue weighted by Gasteiger charge is 2.58. The molecule has 0 bridgehead atoms. The fourth-order valence-corrected chi connectivity index (χ4v) is 8.71. The van der Waals surface area contributed by atoms with Crippen LogP contribution < -0.4 is 9.47 Å². The highest BCUT2D eigenvalue weighted by molar-refractivity contribution is 9.12. The Morgan fingerprint density at radius 2 is 1.70 bits per heavy atom. The Balaban J connectivity index is 1.22. The minimum Gasteiger partial charge on any atom is -0.507 e. The summed E-state index contributed by atoms with van der Waals surface area (Å²) in [5.74, 6) is -3.04. The summed E-state index contributed by atoms with van der Waals surface area (Å²) in [7, 11) is 2.94. The highest BCUT2D eigenvalue weighted by atomic mass is 79.9. The largest absolute Gasteiger partial charge is 0.507 e. The van der Waals surface area contributed by atoms with Crippen LogP contribution in [-0.4, -0.2) is 71.6 Å². The van der Waals surface area contributed by atoms with Crippen LogP contribution in [0.3, 0.4) is 0 Å². The van der Waals surface area contributed by atoms with Gasteiger partial charge in [-0.3, -0.25) is 29.0 Å². The predicted octanol–water partition coefficient (Wildman–Crippen LogP) is 4.84. The molecule has 46 heavy (non-hydrogen) atoms. The lowest BCUT2D eigenvalue weighted by Crippen LogP contribution is -2.47. The lowest BCUT2D eigenvalue weighted by Gasteiger charge is -2.42. The zero-order chi connectivity index (χ0) is 32.3. The number of phenolic OH excluding ortho intramolecular Hbond substituents is 1. The molecular formula is C36H35BrN2O7. The fourth-order valence-electron chi connectivity index (χ4n) is 8.26. The second-order valence-corrected chi connectivity index (χ2v) is 13.5. The van der Waals surface area contributed by atoms with Gasteiger partial charge in [0.2, 0.25) is 11.8 Å². The molecule has 0 radical (unpaired) electrons. The van der Waals surface area contributed by atoms with Crippen LogP contribution in [0.2, 0.25) is 0 Å². The van der Waals surface area contributed by atoms with Crippen molar-refractivity contribution < 1.29 is 33.8 Å². The summed E-state index contributed by atoms with van der Waals surface area (Å²) in [5.41, 5.74) is 2.89. The number of amides is 2. The molecule has 2 aromatic carbocycles. The number of fused-ring (bicyclic) bond motifs is 3. The van der Waals surface area contributed by atoms with Gasteiger partial charge >= 0.3 is 0 Å².